The predicted octanol–water partition coefficient (Wildman–Crippen LogP) is -0.235. The first kappa shape index (κ1) is 39.1. The molecule has 2 saturated heterocycles. The average molecular weight is 607 g/mol. The molecule has 0 saturated carbocycles. The Bertz CT molecular complexity index is 1030. The van der Waals surface area contributed by atoms with E-state index in [0.29, 0.717) is 37.2 Å². The number of carbonyl (C=O) groups is 5. The van der Waals surface area contributed by atoms with Crippen LogP contribution in [0.25, 0.3) is 0 Å². The molecule has 4 amide bonds. The molecule has 0 bridgehead atoms. The number of amides is 4. The van der Waals surface area contributed by atoms with Gasteiger partial charge in [-0.1, -0.05) is 18.7 Å². The van der Waals surface area contributed by atoms with Crippen molar-refractivity contribution >= 4 is 30.1 Å². The second kappa shape index (κ2) is 21.8. The first-order valence-corrected chi connectivity index (χ1v) is 14.1. The summed E-state index contributed by atoms with van der Waals surface area (Å²) in [6, 6.07) is -0.971. The van der Waals surface area contributed by atoms with Crippen LogP contribution in [-0.2, 0) is 24.0 Å². The Kier molecular flexibility index (Phi) is 19.8. The van der Waals surface area contributed by atoms with Gasteiger partial charge in [0.25, 0.3) is 5.91 Å². The lowest BCUT2D eigenvalue weighted by Gasteiger charge is -2.32. The monoisotopic (exact) mass is 606 g/mol. The molecule has 1 atom stereocenters. The average Bonchev–Trinajstić information content (AvgIpc) is 2.92. The summed E-state index contributed by atoms with van der Waals surface area (Å²) in [5.74, 6) is 3.29. The number of carboxylic acid groups (broad SMARTS) is 1. The Balaban J connectivity index is 0.000000754. The van der Waals surface area contributed by atoms with Crippen molar-refractivity contribution in [2.75, 3.05) is 60.4 Å². The molecule has 0 aromatic carbocycles. The molecular formula is C29H50N8O6. The number of rotatable bonds is 12. The number of hydrazine groups is 1. The van der Waals surface area contributed by atoms with Gasteiger partial charge < -0.3 is 26.1 Å². The van der Waals surface area contributed by atoms with Crippen LogP contribution in [0.3, 0.4) is 0 Å². The summed E-state index contributed by atoms with van der Waals surface area (Å²) in [6.07, 6.45) is 7.78. The number of hydrogen-bond donors (Lipinski definition) is 5. The van der Waals surface area contributed by atoms with Gasteiger partial charge in [-0.2, -0.15) is 0 Å². The van der Waals surface area contributed by atoms with Gasteiger partial charge in [0.1, 0.15) is 6.04 Å². The van der Waals surface area contributed by atoms with Crippen molar-refractivity contribution < 1.29 is 29.1 Å². The Morgan fingerprint density at radius 3 is 2.30 bits per heavy atom. The van der Waals surface area contributed by atoms with Gasteiger partial charge in [-0.15, -0.1) is 0 Å². The lowest BCUT2D eigenvalue weighted by molar-refractivity contribution is -0.148. The maximum absolute atomic E-state index is 12.4. The van der Waals surface area contributed by atoms with Crippen molar-refractivity contribution in [1.82, 2.24) is 30.3 Å². The molecule has 0 aromatic rings. The molecule has 0 aliphatic carbocycles. The Hall–Kier alpha value is -3.85. The maximum Gasteiger partial charge on any atom is 0.303 e. The highest BCUT2D eigenvalue weighted by Crippen LogP contribution is 2.17. The van der Waals surface area contributed by atoms with E-state index in [4.69, 9.17) is 16.7 Å². The molecule has 2 fully saturated rings. The number of nitrogens with zero attached hydrogens (tertiary/aromatic N) is 4. The lowest BCUT2D eigenvalue weighted by Crippen LogP contribution is -2.54. The highest BCUT2D eigenvalue weighted by Gasteiger charge is 2.35. The first-order chi connectivity index (χ1) is 20.3. The van der Waals surface area contributed by atoms with Gasteiger partial charge in [0.15, 0.2) is 0 Å². The van der Waals surface area contributed by atoms with Crippen molar-refractivity contribution in [2.24, 2.45) is 11.6 Å². The third kappa shape index (κ3) is 16.4. The fourth-order valence-corrected chi connectivity index (χ4v) is 3.93. The molecule has 0 spiro atoms. The topological polar surface area (TPSA) is 195 Å². The van der Waals surface area contributed by atoms with Crippen LogP contribution in [-0.4, -0.2) is 121 Å². The molecular weight excluding hydrogens is 556 g/mol. The summed E-state index contributed by atoms with van der Waals surface area (Å²) in [7, 11) is 5.86. The molecule has 7 N–H and O–H groups in total. The van der Waals surface area contributed by atoms with E-state index in [1.54, 1.807) is 32.2 Å². The van der Waals surface area contributed by atoms with E-state index in [2.05, 4.69) is 34.1 Å². The fraction of sp³-hybridized carbons (Fsp3) is 0.552. The van der Waals surface area contributed by atoms with Gasteiger partial charge in [0, 0.05) is 69.6 Å². The van der Waals surface area contributed by atoms with Crippen LogP contribution >= 0.6 is 0 Å². The van der Waals surface area contributed by atoms with Crippen molar-refractivity contribution in [2.45, 2.75) is 45.6 Å². The zero-order valence-corrected chi connectivity index (χ0v) is 26.2. The highest BCUT2D eigenvalue weighted by molar-refractivity contribution is 6.08. The number of likely N-dealkylation sites (N-methyl/N-ethyl adjacent to an activating group) is 1. The van der Waals surface area contributed by atoms with Gasteiger partial charge in [-0.25, -0.2) is 5.84 Å². The van der Waals surface area contributed by atoms with Crippen LogP contribution in [0.1, 0.15) is 39.5 Å². The van der Waals surface area contributed by atoms with Gasteiger partial charge in [0.05, 0.1) is 0 Å². The molecule has 2 aliphatic heterocycles. The summed E-state index contributed by atoms with van der Waals surface area (Å²) in [6.45, 7) is 12.5. The zero-order valence-electron chi connectivity index (χ0n) is 26.2. The van der Waals surface area contributed by atoms with Crippen LogP contribution in [0.5, 0.6) is 0 Å². The largest absolute Gasteiger partial charge is 0.481 e. The van der Waals surface area contributed by atoms with Gasteiger partial charge in [-0.05, 0) is 59.5 Å². The van der Waals surface area contributed by atoms with Gasteiger partial charge in [0.2, 0.25) is 18.2 Å². The Morgan fingerprint density at radius 1 is 1.21 bits per heavy atom. The number of carboxylic acids is 1. The standard InChI is InChI=1S/C15H18N2O4.C12H25N5O2.C2H7N/c1-4-5-6-11(10(2)3)15(21)17(9-18)12-7-8-13(19)16-14(12)20;1-15-5-7-16(8-6-15)9-11(13)10-17(14)4-2-3-12(18)19;1-3-2/h4-6,9,12H,2,7-8H2,1,3H3,(H,16,19,20);10H,2-9,13-14H2,1H3,(H,18,19);3H,1-2H3/b5-4-,11-6+;11-10-;. The van der Waals surface area contributed by atoms with Crippen LogP contribution in [0.2, 0.25) is 0 Å². The molecule has 14 heteroatoms. The van der Waals surface area contributed by atoms with Crippen molar-refractivity contribution in [3.63, 3.8) is 0 Å². The molecule has 1 unspecified atom stereocenters. The van der Waals surface area contributed by atoms with Crippen molar-refractivity contribution in [1.29, 1.82) is 0 Å². The van der Waals surface area contributed by atoms with Crippen LogP contribution in [0.15, 0.2) is 47.9 Å². The molecule has 2 heterocycles. The number of piperidine rings is 1. The first-order valence-electron chi connectivity index (χ1n) is 14.1. The number of allylic oxidation sites excluding steroid dienone is 3. The highest BCUT2D eigenvalue weighted by atomic mass is 16.4. The van der Waals surface area contributed by atoms with Crippen molar-refractivity contribution in [3.8, 4) is 0 Å². The number of carbonyl (C=O) groups excluding carboxylic acids is 4. The molecule has 0 radical (unpaired) electrons. The van der Waals surface area contributed by atoms with Crippen molar-refractivity contribution in [3.05, 3.63) is 47.9 Å². The number of aliphatic carboxylic acids is 1. The third-order valence-electron chi connectivity index (χ3n) is 6.18. The predicted molar refractivity (Wildman–Crippen MR) is 166 cm³/mol. The molecule has 2 aliphatic rings. The number of nitrogens with one attached hydrogen (secondary N) is 2. The number of piperazine rings is 1. The minimum Gasteiger partial charge on any atom is -0.481 e. The number of hydrogen-bond acceptors (Lipinski definition) is 11. The molecule has 0 aromatic heterocycles. The van der Waals surface area contributed by atoms with E-state index in [1.165, 1.54) is 11.1 Å². The minimum atomic E-state index is -0.971. The van der Waals surface area contributed by atoms with E-state index in [0.717, 1.165) is 31.1 Å². The van der Waals surface area contributed by atoms with Gasteiger partial charge in [-0.3, -0.25) is 39.1 Å². The third-order valence-corrected chi connectivity index (χ3v) is 6.18. The van der Waals surface area contributed by atoms with E-state index >= 15 is 0 Å². The van der Waals surface area contributed by atoms with E-state index in [1.807, 2.05) is 14.1 Å². The smallest absolute Gasteiger partial charge is 0.303 e. The summed E-state index contributed by atoms with van der Waals surface area (Å²) in [4.78, 5) is 62.3. The second-order valence-corrected chi connectivity index (χ2v) is 10.2. The molecule has 2 rings (SSSR count). The minimum absolute atomic E-state index is 0.0923. The Morgan fingerprint density at radius 2 is 1.81 bits per heavy atom. The summed E-state index contributed by atoms with van der Waals surface area (Å²) in [5, 5.41) is 14.9. The Labute approximate surface area is 255 Å². The number of nitrogens with two attached hydrogens (primary N) is 2. The van der Waals surface area contributed by atoms with Crippen LogP contribution in [0.4, 0.5) is 0 Å². The number of imide groups is 2. The summed E-state index contributed by atoms with van der Waals surface area (Å²) in [5.41, 5.74) is 7.37. The molecule has 43 heavy (non-hydrogen) atoms. The van der Waals surface area contributed by atoms with Crippen LogP contribution < -0.4 is 22.2 Å². The second-order valence-electron chi connectivity index (χ2n) is 10.2. The molecule has 14 nitrogen and oxygen atoms in total. The SMILES string of the molecule is C=C(C)/C(=C\C=C/C)C(=O)N(C=O)C1CCC(=O)NC1=O.CN1CCN(C/C(N)=C/N(N)CCCC(=O)O)CC1.CNC. The van der Waals surface area contributed by atoms with E-state index in [-0.39, 0.29) is 24.8 Å². The lowest BCUT2D eigenvalue weighted by atomic mass is 10.0. The zero-order chi connectivity index (χ0) is 32.9. The quantitative estimate of drug-likeness (QED) is 0.0490. The summed E-state index contributed by atoms with van der Waals surface area (Å²) < 4.78 is 0. The van der Waals surface area contributed by atoms with Gasteiger partial charge >= 0.3 is 5.97 Å². The van der Waals surface area contributed by atoms with Crippen LogP contribution in [0, 0.1) is 0 Å². The maximum atomic E-state index is 12.4. The summed E-state index contributed by atoms with van der Waals surface area (Å²) >= 11 is 0. The van der Waals surface area contributed by atoms with E-state index in [9.17, 15) is 24.0 Å². The molecule has 242 valence electrons. The normalized spacial score (nSPS) is 18.0. The fourth-order valence-electron chi connectivity index (χ4n) is 3.93. The van der Waals surface area contributed by atoms with E-state index < -0.39 is 29.7 Å².